The Morgan fingerprint density at radius 2 is 2.33 bits per heavy atom. The SMILES string of the molecule is CC1CCCC(N)(C(=O)Nc2cccc(F)c2)C1. The highest BCUT2D eigenvalue weighted by atomic mass is 19.1. The number of hydrogen-bond acceptors (Lipinski definition) is 2. The molecule has 2 atom stereocenters. The zero-order valence-corrected chi connectivity index (χ0v) is 10.6. The first-order valence-corrected chi connectivity index (χ1v) is 6.35. The molecular formula is C14H19FN2O. The number of amides is 1. The summed E-state index contributed by atoms with van der Waals surface area (Å²) in [7, 11) is 0. The monoisotopic (exact) mass is 250 g/mol. The topological polar surface area (TPSA) is 55.1 Å². The van der Waals surface area contributed by atoms with Gasteiger partial charge in [0.25, 0.3) is 0 Å². The van der Waals surface area contributed by atoms with Gasteiger partial charge in [0.15, 0.2) is 0 Å². The van der Waals surface area contributed by atoms with Crippen LogP contribution in [0.1, 0.15) is 32.6 Å². The Morgan fingerprint density at radius 3 is 3.00 bits per heavy atom. The minimum Gasteiger partial charge on any atom is -0.324 e. The fourth-order valence-corrected chi connectivity index (χ4v) is 2.62. The van der Waals surface area contributed by atoms with E-state index in [1.165, 1.54) is 12.1 Å². The molecule has 0 saturated heterocycles. The van der Waals surface area contributed by atoms with E-state index in [4.69, 9.17) is 5.73 Å². The molecule has 1 aliphatic carbocycles. The summed E-state index contributed by atoms with van der Waals surface area (Å²) in [5.41, 5.74) is 5.82. The lowest BCUT2D eigenvalue weighted by Crippen LogP contribution is -2.53. The number of anilines is 1. The summed E-state index contributed by atoms with van der Waals surface area (Å²) in [5.74, 6) is -0.113. The van der Waals surface area contributed by atoms with Crippen LogP contribution in [0, 0.1) is 11.7 Å². The molecule has 1 amide bonds. The first kappa shape index (κ1) is 13.0. The van der Waals surface area contributed by atoms with Gasteiger partial charge in [-0.1, -0.05) is 25.8 Å². The van der Waals surface area contributed by atoms with Gasteiger partial charge in [0.05, 0.1) is 5.54 Å². The van der Waals surface area contributed by atoms with Crippen molar-refractivity contribution in [3.8, 4) is 0 Å². The van der Waals surface area contributed by atoms with Crippen LogP contribution in [0.15, 0.2) is 24.3 Å². The van der Waals surface area contributed by atoms with Crippen molar-refractivity contribution >= 4 is 11.6 Å². The van der Waals surface area contributed by atoms with E-state index in [0.717, 1.165) is 12.8 Å². The van der Waals surface area contributed by atoms with Gasteiger partial charge in [-0.05, 0) is 37.0 Å². The smallest absolute Gasteiger partial charge is 0.244 e. The molecule has 1 aromatic carbocycles. The third-order valence-corrected chi connectivity index (χ3v) is 3.57. The Kier molecular flexibility index (Phi) is 3.66. The molecule has 3 N–H and O–H groups in total. The van der Waals surface area contributed by atoms with Crippen molar-refractivity contribution < 1.29 is 9.18 Å². The van der Waals surface area contributed by atoms with Crippen molar-refractivity contribution in [1.82, 2.24) is 0 Å². The average Bonchev–Trinajstić information content (AvgIpc) is 2.28. The van der Waals surface area contributed by atoms with E-state index in [0.29, 0.717) is 24.4 Å². The van der Waals surface area contributed by atoms with Crippen LogP contribution in [-0.2, 0) is 4.79 Å². The summed E-state index contributed by atoms with van der Waals surface area (Å²) in [6.07, 6.45) is 3.47. The van der Waals surface area contributed by atoms with Gasteiger partial charge in [0.1, 0.15) is 5.82 Å². The van der Waals surface area contributed by atoms with Gasteiger partial charge in [-0.3, -0.25) is 4.79 Å². The van der Waals surface area contributed by atoms with Crippen LogP contribution in [0.2, 0.25) is 0 Å². The summed E-state index contributed by atoms with van der Waals surface area (Å²) in [4.78, 5) is 12.2. The van der Waals surface area contributed by atoms with E-state index in [9.17, 15) is 9.18 Å². The molecule has 2 rings (SSSR count). The maximum atomic E-state index is 13.0. The van der Waals surface area contributed by atoms with E-state index in [1.54, 1.807) is 12.1 Å². The lowest BCUT2D eigenvalue weighted by Gasteiger charge is -2.35. The predicted octanol–water partition coefficient (Wildman–Crippen LogP) is 2.67. The van der Waals surface area contributed by atoms with Gasteiger partial charge >= 0.3 is 0 Å². The maximum absolute atomic E-state index is 13.0. The minimum atomic E-state index is -0.815. The van der Waals surface area contributed by atoms with Crippen molar-refractivity contribution in [1.29, 1.82) is 0 Å². The molecule has 0 spiro atoms. The molecule has 0 radical (unpaired) electrons. The van der Waals surface area contributed by atoms with Crippen molar-refractivity contribution in [2.45, 2.75) is 38.1 Å². The molecule has 98 valence electrons. The number of rotatable bonds is 2. The Labute approximate surface area is 107 Å². The van der Waals surface area contributed by atoms with Crippen LogP contribution < -0.4 is 11.1 Å². The highest BCUT2D eigenvalue weighted by Crippen LogP contribution is 2.31. The van der Waals surface area contributed by atoms with Gasteiger partial charge in [0, 0.05) is 5.69 Å². The molecule has 18 heavy (non-hydrogen) atoms. The minimum absolute atomic E-state index is 0.209. The summed E-state index contributed by atoms with van der Waals surface area (Å²) < 4.78 is 13.0. The lowest BCUT2D eigenvalue weighted by molar-refractivity contribution is -0.122. The van der Waals surface area contributed by atoms with Crippen LogP contribution in [0.25, 0.3) is 0 Å². The fraction of sp³-hybridized carbons (Fsp3) is 0.500. The van der Waals surface area contributed by atoms with Gasteiger partial charge in [-0.2, -0.15) is 0 Å². The number of carbonyl (C=O) groups excluding carboxylic acids is 1. The Morgan fingerprint density at radius 1 is 1.56 bits per heavy atom. The average molecular weight is 250 g/mol. The third-order valence-electron chi connectivity index (χ3n) is 3.57. The van der Waals surface area contributed by atoms with Gasteiger partial charge in [-0.25, -0.2) is 4.39 Å². The van der Waals surface area contributed by atoms with E-state index in [-0.39, 0.29) is 11.7 Å². The largest absolute Gasteiger partial charge is 0.324 e. The standard InChI is InChI=1S/C14H19FN2O/c1-10-4-3-7-14(16,9-10)13(18)17-12-6-2-5-11(15)8-12/h2,5-6,8,10H,3-4,7,9,16H2,1H3,(H,17,18). The molecule has 1 saturated carbocycles. The molecule has 1 aliphatic rings. The van der Waals surface area contributed by atoms with E-state index in [2.05, 4.69) is 12.2 Å². The number of nitrogens with two attached hydrogens (primary N) is 1. The van der Waals surface area contributed by atoms with Crippen LogP contribution in [0.3, 0.4) is 0 Å². The molecule has 0 bridgehead atoms. The third kappa shape index (κ3) is 2.88. The number of nitrogens with one attached hydrogen (secondary N) is 1. The number of hydrogen-bond donors (Lipinski definition) is 2. The Balaban J connectivity index is 2.07. The van der Waals surface area contributed by atoms with Crippen LogP contribution >= 0.6 is 0 Å². The second-order valence-electron chi connectivity index (χ2n) is 5.32. The maximum Gasteiger partial charge on any atom is 0.244 e. The molecular weight excluding hydrogens is 231 g/mol. The summed E-state index contributed by atoms with van der Waals surface area (Å²) in [6.45, 7) is 2.11. The molecule has 1 fully saturated rings. The fourth-order valence-electron chi connectivity index (χ4n) is 2.62. The Bertz CT molecular complexity index is 449. The predicted molar refractivity (Wildman–Crippen MR) is 69.6 cm³/mol. The van der Waals surface area contributed by atoms with E-state index < -0.39 is 5.54 Å². The molecule has 1 aromatic rings. The molecule has 2 unspecified atom stereocenters. The summed E-state index contributed by atoms with van der Waals surface area (Å²) in [6, 6.07) is 5.87. The lowest BCUT2D eigenvalue weighted by atomic mass is 9.76. The highest BCUT2D eigenvalue weighted by molar-refractivity contribution is 5.98. The first-order chi connectivity index (χ1) is 8.49. The molecule has 4 heteroatoms. The van der Waals surface area contributed by atoms with E-state index in [1.807, 2.05) is 0 Å². The van der Waals surface area contributed by atoms with Crippen LogP contribution in [0.5, 0.6) is 0 Å². The summed E-state index contributed by atoms with van der Waals surface area (Å²) >= 11 is 0. The number of carbonyl (C=O) groups is 1. The molecule has 3 nitrogen and oxygen atoms in total. The van der Waals surface area contributed by atoms with E-state index >= 15 is 0 Å². The normalized spacial score (nSPS) is 27.8. The second kappa shape index (κ2) is 5.06. The first-order valence-electron chi connectivity index (χ1n) is 6.35. The zero-order chi connectivity index (χ0) is 13.2. The summed E-state index contributed by atoms with van der Waals surface area (Å²) in [5, 5.41) is 2.71. The van der Waals surface area contributed by atoms with Gasteiger partial charge in [-0.15, -0.1) is 0 Å². The van der Waals surface area contributed by atoms with Crippen LogP contribution in [0.4, 0.5) is 10.1 Å². The van der Waals surface area contributed by atoms with Gasteiger partial charge in [0.2, 0.25) is 5.91 Å². The van der Waals surface area contributed by atoms with Crippen molar-refractivity contribution in [2.24, 2.45) is 11.7 Å². The molecule has 0 heterocycles. The van der Waals surface area contributed by atoms with Crippen molar-refractivity contribution in [3.05, 3.63) is 30.1 Å². The highest BCUT2D eigenvalue weighted by Gasteiger charge is 2.37. The number of halogens is 1. The Hall–Kier alpha value is -1.42. The van der Waals surface area contributed by atoms with Crippen LogP contribution in [-0.4, -0.2) is 11.4 Å². The number of benzene rings is 1. The zero-order valence-electron chi connectivity index (χ0n) is 10.6. The van der Waals surface area contributed by atoms with Gasteiger partial charge < -0.3 is 11.1 Å². The van der Waals surface area contributed by atoms with Crippen molar-refractivity contribution in [2.75, 3.05) is 5.32 Å². The van der Waals surface area contributed by atoms with Crippen molar-refractivity contribution in [3.63, 3.8) is 0 Å². The molecule has 0 aliphatic heterocycles. The quantitative estimate of drug-likeness (QED) is 0.847. The molecule has 0 aromatic heterocycles. The second-order valence-corrected chi connectivity index (χ2v) is 5.32.